The molecule has 0 aromatic carbocycles. The molecule has 0 radical (unpaired) electrons. The van der Waals surface area contributed by atoms with Gasteiger partial charge in [-0.1, -0.05) is 9.24 Å². The van der Waals surface area contributed by atoms with Crippen LogP contribution in [-0.2, 0) is 0 Å². The number of quaternary nitrogens is 1. The highest BCUT2D eigenvalue weighted by molar-refractivity contribution is 7.45. The Hall–Kier alpha value is 0.430. The van der Waals surface area contributed by atoms with Crippen LogP contribution in [0.5, 0.6) is 0 Å². The van der Waals surface area contributed by atoms with Gasteiger partial charge in [0, 0.05) is 0 Å². The molecule has 5 N–H and O–H groups in total. The van der Waals surface area contributed by atoms with Gasteiger partial charge in [0.05, 0.1) is 0 Å². The number of nitrogens with two attached hydrogens (primary N) is 1. The molecule has 2 atom stereocenters. The molecule has 30 valence electrons. The van der Waals surface area contributed by atoms with Gasteiger partial charge in [-0.05, 0) is 5.37 Å². The predicted molar refractivity (Wildman–Crippen MR) is 27.6 cm³/mol. The maximum Gasteiger partial charge on any atom is 0.172 e. The van der Waals surface area contributed by atoms with Crippen molar-refractivity contribution in [1.82, 2.24) is 0 Å². The van der Waals surface area contributed by atoms with Crippen LogP contribution in [0, 0.1) is 5.37 Å². The Labute approximate surface area is 34.3 Å². The minimum absolute atomic E-state index is 0.635. The first-order chi connectivity index (χ1) is 2.27. The van der Waals surface area contributed by atoms with E-state index in [9.17, 15) is 0 Å². The summed E-state index contributed by atoms with van der Waals surface area (Å²) >= 11 is 0. The van der Waals surface area contributed by atoms with E-state index in [0.717, 1.165) is 0 Å². The molecule has 0 fully saturated rings. The first-order valence-electron chi connectivity index (χ1n) is 1.09. The second-order valence-corrected chi connectivity index (χ2v) is 2.57. The lowest BCUT2D eigenvalue weighted by Gasteiger charge is -1.64. The number of hydrogen-bond acceptors (Lipinski definition) is 1. The molecular weight excluding hydrogens is 102 g/mol. The van der Waals surface area contributed by atoms with Gasteiger partial charge >= 0.3 is 0 Å². The Morgan fingerprint density at radius 1 is 2.00 bits per heavy atom. The quantitative estimate of drug-likeness (QED) is 0.396. The SMILES string of the molecule is NP([NH3+])#CP. The van der Waals surface area contributed by atoms with E-state index in [0.29, 0.717) is 0 Å². The summed E-state index contributed by atoms with van der Waals surface area (Å²) in [5, 5.41) is 2.68. The molecule has 0 bridgehead atoms. The molecular formula is CH7N2P2+. The predicted octanol–water partition coefficient (Wildman–Crippen LogP) is -0.709. The number of hydrogen-bond donors (Lipinski definition) is 2. The Bertz CT molecular complexity index is 78.8. The van der Waals surface area contributed by atoms with E-state index in [1.807, 2.05) is 0 Å². The van der Waals surface area contributed by atoms with Crippen LogP contribution in [0.25, 0.3) is 0 Å². The van der Waals surface area contributed by atoms with E-state index >= 15 is 0 Å². The lowest BCUT2D eigenvalue weighted by Crippen LogP contribution is -2.38. The third-order valence-electron chi connectivity index (χ3n) is 0.166. The summed E-state index contributed by atoms with van der Waals surface area (Å²) in [6.07, 6.45) is 0. The molecule has 0 saturated carbocycles. The zero-order valence-corrected chi connectivity index (χ0v) is 4.86. The Morgan fingerprint density at radius 3 is 2.20 bits per heavy atom. The van der Waals surface area contributed by atoms with Crippen molar-refractivity contribution in [3.05, 3.63) is 0 Å². The highest BCUT2D eigenvalue weighted by Gasteiger charge is 1.58. The van der Waals surface area contributed by atoms with Gasteiger partial charge in [0.2, 0.25) is 0 Å². The maximum atomic E-state index is 5.11. The molecule has 0 amide bonds. The molecule has 0 aliphatic carbocycles. The molecule has 0 heterocycles. The number of rotatable bonds is 0. The lowest BCUT2D eigenvalue weighted by molar-refractivity contribution is -0.152. The maximum absolute atomic E-state index is 5.11. The van der Waals surface area contributed by atoms with Crippen molar-refractivity contribution in [3.63, 3.8) is 0 Å². The average molecular weight is 109 g/mol. The molecule has 0 aromatic heterocycles. The van der Waals surface area contributed by atoms with Gasteiger partial charge in [-0.3, -0.25) is 0 Å². The first kappa shape index (κ1) is 5.43. The van der Waals surface area contributed by atoms with Crippen molar-refractivity contribution in [2.45, 2.75) is 0 Å². The van der Waals surface area contributed by atoms with Crippen LogP contribution in [0.15, 0.2) is 0 Å². The molecule has 2 unspecified atom stereocenters. The summed E-state index contributed by atoms with van der Waals surface area (Å²) in [6, 6.07) is 0. The van der Waals surface area contributed by atoms with Crippen LogP contribution >= 0.6 is 16.9 Å². The van der Waals surface area contributed by atoms with Gasteiger partial charge < -0.3 is 5.50 Å². The zero-order chi connectivity index (χ0) is 4.28. The van der Waals surface area contributed by atoms with Crippen molar-refractivity contribution in [2.24, 2.45) is 5.50 Å². The van der Waals surface area contributed by atoms with Crippen LogP contribution in [0.1, 0.15) is 0 Å². The summed E-state index contributed by atoms with van der Waals surface area (Å²) in [4.78, 5) is 0. The second kappa shape index (κ2) is 2.66. The molecule has 5 heavy (non-hydrogen) atoms. The van der Waals surface area contributed by atoms with Crippen LogP contribution in [-0.4, -0.2) is 0 Å². The van der Waals surface area contributed by atoms with Crippen LogP contribution < -0.4 is 11.0 Å². The van der Waals surface area contributed by atoms with Gasteiger partial charge in [0.15, 0.2) is 7.68 Å². The van der Waals surface area contributed by atoms with E-state index < -0.39 is 7.68 Å². The van der Waals surface area contributed by atoms with Gasteiger partial charge in [-0.15, -0.1) is 0 Å². The van der Waals surface area contributed by atoms with Crippen LogP contribution in [0.4, 0.5) is 0 Å². The third kappa shape index (κ3) is 4.43. The minimum Gasteiger partial charge on any atom is -0.304 e. The highest BCUT2D eigenvalue weighted by atomic mass is 31.1. The molecule has 0 aromatic rings. The van der Waals surface area contributed by atoms with Crippen molar-refractivity contribution in [2.75, 3.05) is 0 Å². The van der Waals surface area contributed by atoms with E-state index in [4.69, 9.17) is 5.50 Å². The Balaban J connectivity index is 3.42. The van der Waals surface area contributed by atoms with Crippen molar-refractivity contribution < 1.29 is 5.50 Å². The molecule has 0 spiro atoms. The van der Waals surface area contributed by atoms with Crippen LogP contribution in [0.2, 0.25) is 0 Å². The van der Waals surface area contributed by atoms with Gasteiger partial charge in [0.1, 0.15) is 0 Å². The fourth-order valence-electron chi connectivity index (χ4n) is 0. The topological polar surface area (TPSA) is 53.7 Å². The smallest absolute Gasteiger partial charge is 0.172 e. The molecule has 0 aliphatic rings. The molecule has 0 saturated heterocycles. The minimum atomic E-state index is -0.635. The third-order valence-corrected chi connectivity index (χ3v) is 1.49. The molecule has 0 rings (SSSR count). The summed E-state index contributed by atoms with van der Waals surface area (Å²) in [5.74, 6) is 0. The van der Waals surface area contributed by atoms with E-state index in [1.165, 1.54) is 0 Å². The molecule has 4 heteroatoms. The highest BCUT2D eigenvalue weighted by Crippen LogP contribution is 1.86. The van der Waals surface area contributed by atoms with Gasteiger partial charge in [0.25, 0.3) is 0 Å². The zero-order valence-electron chi connectivity index (χ0n) is 2.81. The van der Waals surface area contributed by atoms with E-state index in [1.54, 1.807) is 0 Å². The van der Waals surface area contributed by atoms with Crippen LogP contribution in [0.3, 0.4) is 0 Å². The molecule has 2 nitrogen and oxygen atoms in total. The molecule has 0 aliphatic heterocycles. The summed E-state index contributed by atoms with van der Waals surface area (Å²) in [5.41, 5.74) is 8.58. The largest absolute Gasteiger partial charge is 0.304 e. The first-order valence-corrected chi connectivity index (χ1v) is 3.26. The Morgan fingerprint density at radius 2 is 2.20 bits per heavy atom. The fraction of sp³-hybridized carbons (Fsp3) is 0. The summed E-state index contributed by atoms with van der Waals surface area (Å²) in [7, 11) is 1.65. The standard InChI is InChI=1S/CH6N2P2/c2-5(3)1-4/h2-4H2/p+1. The summed E-state index contributed by atoms with van der Waals surface area (Å²) in [6.45, 7) is 0. The monoisotopic (exact) mass is 109 g/mol. The van der Waals surface area contributed by atoms with Gasteiger partial charge in [-0.2, -0.15) is 0 Å². The van der Waals surface area contributed by atoms with Crippen molar-refractivity contribution in [1.29, 1.82) is 0 Å². The lowest BCUT2D eigenvalue weighted by atomic mass is 11.9. The Kier molecular flexibility index (Phi) is 2.88. The average Bonchev–Trinajstić information content (AvgIpc) is 1.38. The van der Waals surface area contributed by atoms with Crippen molar-refractivity contribution >= 4 is 16.9 Å². The fourth-order valence-corrected chi connectivity index (χ4v) is 0. The van der Waals surface area contributed by atoms with Gasteiger partial charge in [-0.25, -0.2) is 5.50 Å². The van der Waals surface area contributed by atoms with E-state index in [2.05, 4.69) is 20.1 Å². The summed E-state index contributed by atoms with van der Waals surface area (Å²) < 4.78 is 0. The second-order valence-electron chi connectivity index (χ2n) is 0.599. The normalized spacial score (nSPS) is 9.80. The van der Waals surface area contributed by atoms with Crippen molar-refractivity contribution in [3.8, 4) is 5.37 Å². The van der Waals surface area contributed by atoms with E-state index in [-0.39, 0.29) is 0 Å².